The summed E-state index contributed by atoms with van der Waals surface area (Å²) >= 11 is 1.57. The van der Waals surface area contributed by atoms with Crippen LogP contribution in [0.25, 0.3) is 6.08 Å². The molecule has 14 heavy (non-hydrogen) atoms. The van der Waals surface area contributed by atoms with E-state index < -0.39 is 0 Å². The molecule has 0 nitrogen and oxygen atoms in total. The number of halogens is 2. The molecule has 73 valence electrons. The van der Waals surface area contributed by atoms with Crippen molar-refractivity contribution in [1.82, 2.24) is 0 Å². The van der Waals surface area contributed by atoms with Crippen molar-refractivity contribution in [2.24, 2.45) is 0 Å². The molecule has 0 spiro atoms. The second kappa shape index (κ2) is 6.10. The van der Waals surface area contributed by atoms with Gasteiger partial charge in [-0.2, -0.15) is 0 Å². The van der Waals surface area contributed by atoms with Gasteiger partial charge < -0.3 is 24.8 Å². The van der Waals surface area contributed by atoms with Crippen LogP contribution in [0.15, 0.2) is 27.5 Å². The van der Waals surface area contributed by atoms with E-state index in [9.17, 15) is 0 Å². The van der Waals surface area contributed by atoms with Crippen LogP contribution in [-0.2, 0) is 24.7 Å². The zero-order chi connectivity index (χ0) is 8.55. The number of allylic oxidation sites excluding steroid dienone is 1. The molecule has 1 aromatic rings. The Morgan fingerprint density at radius 2 is 1.86 bits per heavy atom. The van der Waals surface area contributed by atoms with E-state index in [4.69, 9.17) is 0 Å². The summed E-state index contributed by atoms with van der Waals surface area (Å²) in [5, 5.41) is 0. The molecule has 1 atom stereocenters. The topological polar surface area (TPSA) is 0 Å². The minimum atomic E-state index is 0. The Labute approximate surface area is 113 Å². The van der Waals surface area contributed by atoms with Crippen LogP contribution in [0.3, 0.4) is 0 Å². The van der Waals surface area contributed by atoms with Crippen LogP contribution in [0, 0.1) is 0 Å². The molecule has 1 unspecified atom stereocenters. The minimum Gasteiger partial charge on any atom is -1.00 e. The minimum absolute atomic E-state index is 0. The molecular formula is C11H11Cl2Zr. The quantitative estimate of drug-likeness (QED) is 0.522. The largest absolute Gasteiger partial charge is 1.00 e. The van der Waals surface area contributed by atoms with E-state index in [1.54, 1.807) is 28.0 Å². The fourth-order valence-corrected chi connectivity index (χ4v) is 3.10. The Kier molecular flexibility index (Phi) is 6.29. The first kappa shape index (κ1) is 14.4. The van der Waals surface area contributed by atoms with Gasteiger partial charge in [-0.05, 0) is 0 Å². The standard InChI is InChI=1S/C11H11.2ClH.Zr/c1-2-9-7-8-10-5-3-4-6-11(9)10;;;/h3-6,8-9H,2H2,1H3;2*1H;/q;;;+2/p-2. The maximum absolute atomic E-state index is 2.35. The third-order valence-corrected chi connectivity index (χ3v) is 3.68. The molecule has 0 bridgehead atoms. The summed E-state index contributed by atoms with van der Waals surface area (Å²) in [6.07, 6.45) is 3.59. The zero-order valence-corrected chi connectivity index (χ0v) is 11.9. The van der Waals surface area contributed by atoms with E-state index in [1.165, 1.54) is 17.5 Å². The number of rotatable bonds is 1. The molecule has 2 rings (SSSR count). The first-order valence-electron chi connectivity index (χ1n) is 4.35. The van der Waals surface area contributed by atoms with Crippen molar-refractivity contribution in [2.45, 2.75) is 19.3 Å². The van der Waals surface area contributed by atoms with Crippen molar-refractivity contribution >= 4 is 6.08 Å². The zero-order valence-electron chi connectivity index (χ0n) is 7.93. The smallest absolute Gasteiger partial charge is 1.00 e. The molecule has 0 saturated heterocycles. The van der Waals surface area contributed by atoms with Crippen LogP contribution in [0.5, 0.6) is 0 Å². The summed E-state index contributed by atoms with van der Waals surface area (Å²) in [6, 6.07) is 8.74. The fourth-order valence-electron chi connectivity index (χ4n) is 1.84. The van der Waals surface area contributed by atoms with E-state index in [0.29, 0.717) is 0 Å². The Morgan fingerprint density at radius 1 is 1.21 bits per heavy atom. The van der Waals surface area contributed by atoms with Crippen LogP contribution in [0.4, 0.5) is 0 Å². The summed E-state index contributed by atoms with van der Waals surface area (Å²) in [7, 11) is 0. The molecule has 0 aliphatic heterocycles. The van der Waals surface area contributed by atoms with Crippen molar-refractivity contribution in [3.05, 3.63) is 38.7 Å². The average Bonchev–Trinajstić information content (AvgIpc) is 2.40. The van der Waals surface area contributed by atoms with Crippen LogP contribution in [0.2, 0.25) is 0 Å². The summed E-state index contributed by atoms with van der Waals surface area (Å²) in [5.74, 6) is 0.722. The van der Waals surface area contributed by atoms with Crippen LogP contribution >= 0.6 is 0 Å². The average molecular weight is 305 g/mol. The van der Waals surface area contributed by atoms with Crippen LogP contribution < -0.4 is 24.8 Å². The predicted octanol–water partition coefficient (Wildman–Crippen LogP) is -2.91. The Hall–Kier alpha value is 0.423. The second-order valence-corrected chi connectivity index (χ2v) is 4.61. The summed E-state index contributed by atoms with van der Waals surface area (Å²) in [6.45, 7) is 2.27. The monoisotopic (exact) mass is 303 g/mol. The summed E-state index contributed by atoms with van der Waals surface area (Å²) in [5.41, 5.74) is 2.97. The van der Waals surface area contributed by atoms with Crippen molar-refractivity contribution in [1.29, 1.82) is 0 Å². The van der Waals surface area contributed by atoms with Gasteiger partial charge >= 0.3 is 88.7 Å². The number of fused-ring (bicyclic) bond motifs is 1. The van der Waals surface area contributed by atoms with Crippen molar-refractivity contribution in [2.75, 3.05) is 0 Å². The first-order valence-corrected chi connectivity index (χ1v) is 5.58. The van der Waals surface area contributed by atoms with Crippen LogP contribution in [-0.4, -0.2) is 0 Å². The van der Waals surface area contributed by atoms with Gasteiger partial charge in [-0.3, -0.25) is 0 Å². The maximum atomic E-state index is 2.35. The molecule has 0 aromatic heterocycles. The van der Waals surface area contributed by atoms with Gasteiger partial charge in [-0.1, -0.05) is 0 Å². The summed E-state index contributed by atoms with van der Waals surface area (Å²) in [4.78, 5) is 0. The van der Waals surface area contributed by atoms with E-state index in [0.717, 1.165) is 5.92 Å². The molecule has 0 fully saturated rings. The molecule has 0 amide bonds. The maximum Gasteiger partial charge on any atom is -1.00 e. The molecule has 1 aromatic carbocycles. The SMILES string of the molecule is CCC1[C]([Zr+2])=Cc2ccccc21.[Cl-].[Cl-]. The molecule has 1 aliphatic rings. The van der Waals surface area contributed by atoms with Gasteiger partial charge in [0.1, 0.15) is 0 Å². The molecule has 0 heterocycles. The van der Waals surface area contributed by atoms with Crippen molar-refractivity contribution in [3.63, 3.8) is 0 Å². The molecular weight excluding hydrogens is 294 g/mol. The van der Waals surface area contributed by atoms with Gasteiger partial charge in [0.25, 0.3) is 0 Å². The Balaban J connectivity index is 0.000000845. The normalized spacial score (nSPS) is 17.6. The molecule has 0 N–H and O–H groups in total. The van der Waals surface area contributed by atoms with Gasteiger partial charge in [0.2, 0.25) is 0 Å². The van der Waals surface area contributed by atoms with Gasteiger partial charge in [-0.25, -0.2) is 0 Å². The van der Waals surface area contributed by atoms with Gasteiger partial charge in [0.05, 0.1) is 0 Å². The van der Waals surface area contributed by atoms with Crippen LogP contribution in [0.1, 0.15) is 30.4 Å². The van der Waals surface area contributed by atoms with E-state index >= 15 is 0 Å². The van der Waals surface area contributed by atoms with E-state index in [1.807, 2.05) is 0 Å². The third-order valence-electron chi connectivity index (χ3n) is 2.47. The van der Waals surface area contributed by atoms with Gasteiger partial charge in [0.15, 0.2) is 0 Å². The van der Waals surface area contributed by atoms with Gasteiger partial charge in [-0.15, -0.1) is 0 Å². The second-order valence-electron chi connectivity index (χ2n) is 3.19. The first-order chi connectivity index (χ1) is 5.83. The number of hydrogen-bond acceptors (Lipinski definition) is 0. The predicted molar refractivity (Wildman–Crippen MR) is 47.5 cm³/mol. The van der Waals surface area contributed by atoms with E-state index in [-0.39, 0.29) is 24.8 Å². The van der Waals surface area contributed by atoms with Crippen molar-refractivity contribution < 1.29 is 49.5 Å². The Morgan fingerprint density at radius 3 is 2.50 bits per heavy atom. The molecule has 3 heteroatoms. The number of benzene rings is 1. The third kappa shape index (κ3) is 2.51. The fraction of sp³-hybridized carbons (Fsp3) is 0.273. The molecule has 0 radical (unpaired) electrons. The number of hydrogen-bond donors (Lipinski definition) is 0. The van der Waals surface area contributed by atoms with Gasteiger partial charge in [0, 0.05) is 0 Å². The molecule has 1 aliphatic carbocycles. The Bertz CT molecular complexity index is 334. The van der Waals surface area contributed by atoms with E-state index in [2.05, 4.69) is 37.3 Å². The molecule has 0 saturated carbocycles. The summed E-state index contributed by atoms with van der Waals surface area (Å²) < 4.78 is 1.60. The van der Waals surface area contributed by atoms with Crippen molar-refractivity contribution in [3.8, 4) is 0 Å².